The van der Waals surface area contributed by atoms with Gasteiger partial charge in [-0.3, -0.25) is 9.59 Å². The number of aliphatic hydroxyl groups is 2. The molecule has 0 radical (unpaired) electrons. The number of aliphatic hydroxyl groups excluding tert-OH is 2. The lowest BCUT2D eigenvalue weighted by molar-refractivity contribution is 0.0889. The molecule has 0 saturated carbocycles. The third-order valence-electron chi connectivity index (χ3n) is 2.44. The summed E-state index contributed by atoms with van der Waals surface area (Å²) in [7, 11) is 0. The average molecular weight is 563 g/mol. The summed E-state index contributed by atoms with van der Waals surface area (Å²) >= 11 is 8.54. The van der Waals surface area contributed by atoms with Crippen molar-refractivity contribution < 1.29 is 35.5 Å². The molecule has 0 spiro atoms. The fraction of sp³-hybridized carbons (Fsp3) is 0.143. The zero-order valence-electron chi connectivity index (χ0n) is 12.9. The van der Waals surface area contributed by atoms with Crippen molar-refractivity contribution >= 4 is 55.8 Å². The molecule has 26 heavy (non-hydrogen) atoms. The van der Waals surface area contributed by atoms with Crippen LogP contribution in [0.1, 0.15) is 21.0 Å². The van der Waals surface area contributed by atoms with Crippen LogP contribution in [0.4, 0.5) is 0 Å². The van der Waals surface area contributed by atoms with Crippen molar-refractivity contribution in [3.05, 3.63) is 46.5 Å². The van der Waals surface area contributed by atoms with E-state index in [1.165, 1.54) is 30.5 Å². The number of halogens is 3. The molecular formula is C14H15Br3N2O7. The summed E-state index contributed by atoms with van der Waals surface area (Å²) in [6.07, 6.45) is 1.38. The molecule has 0 aliphatic rings. The van der Waals surface area contributed by atoms with Crippen LogP contribution < -0.4 is 0 Å². The summed E-state index contributed by atoms with van der Waals surface area (Å²) in [5.41, 5.74) is -0.207. The molecule has 0 aliphatic carbocycles. The van der Waals surface area contributed by atoms with E-state index in [0.29, 0.717) is 4.60 Å². The van der Waals surface area contributed by atoms with Crippen LogP contribution in [0.5, 0.6) is 11.5 Å². The molecule has 0 aliphatic heterocycles. The van der Waals surface area contributed by atoms with Gasteiger partial charge in [-0.05, 0) is 40.2 Å². The van der Waals surface area contributed by atoms with Crippen LogP contribution in [0.15, 0.2) is 35.1 Å². The fourth-order valence-electron chi connectivity index (χ4n) is 1.39. The number of carbonyl (C=O) groups excluding carboxylic acids is 2. The van der Waals surface area contributed by atoms with Crippen molar-refractivity contribution in [3.8, 4) is 11.5 Å². The van der Waals surface area contributed by atoms with Crippen molar-refractivity contribution in [1.29, 1.82) is 0 Å². The quantitative estimate of drug-likeness (QED) is 0.321. The van der Waals surface area contributed by atoms with Gasteiger partial charge in [0.1, 0.15) is 35.0 Å². The Labute approximate surface area is 172 Å². The normalized spacial score (nSPS) is 8.81. The number of hydrogen-bond donors (Lipinski definition) is 4. The molecule has 2 aromatic heterocycles. The standard InChI is InChI=1S/C7H6BrNO3.C7H7NO3.Br2.H2O/c8-6-2-1-4(11)7(9-6)5(12)3-10;9-4-6(11)7-5(10)2-1-3-8-7;1-2;/h1-2,10-11H,3H2;1-3,9-10H,4H2;;1H2. The number of carbonyl (C=O) groups is 2. The number of Topliss-reactive ketones (excluding diaryl/α,β-unsaturated/α-hetero) is 2. The highest BCUT2D eigenvalue weighted by Gasteiger charge is 2.11. The minimum absolute atomic E-state index is 0. The first kappa shape index (κ1) is 26.8. The van der Waals surface area contributed by atoms with Gasteiger partial charge < -0.3 is 25.9 Å². The van der Waals surface area contributed by atoms with Crippen LogP contribution in [0, 0.1) is 0 Å². The summed E-state index contributed by atoms with van der Waals surface area (Å²) in [5.74, 6) is -1.61. The Morgan fingerprint density at radius 3 is 1.92 bits per heavy atom. The van der Waals surface area contributed by atoms with Crippen LogP contribution in [0.3, 0.4) is 0 Å². The predicted molar refractivity (Wildman–Crippen MR) is 104 cm³/mol. The summed E-state index contributed by atoms with van der Waals surface area (Å²) in [5, 5.41) is 35.0. The highest BCUT2D eigenvalue weighted by Crippen LogP contribution is 2.17. The van der Waals surface area contributed by atoms with E-state index in [2.05, 4.69) is 54.2 Å². The summed E-state index contributed by atoms with van der Waals surface area (Å²) < 4.78 is 0.442. The van der Waals surface area contributed by atoms with Crippen LogP contribution in [-0.4, -0.2) is 60.7 Å². The number of rotatable bonds is 4. The van der Waals surface area contributed by atoms with E-state index in [4.69, 9.17) is 20.4 Å². The largest absolute Gasteiger partial charge is 0.506 e. The number of aromatic hydroxyl groups is 2. The van der Waals surface area contributed by atoms with Crippen LogP contribution in [0.25, 0.3) is 0 Å². The molecule has 0 saturated heterocycles. The molecule has 2 heterocycles. The Bertz CT molecular complexity index is 717. The van der Waals surface area contributed by atoms with Gasteiger partial charge in [0, 0.05) is 34.5 Å². The second-order valence-corrected chi connectivity index (χ2v) is 4.85. The Kier molecular flexibility index (Phi) is 15.1. The molecule has 144 valence electrons. The summed E-state index contributed by atoms with van der Waals surface area (Å²) in [6, 6.07) is 5.68. The number of ketones is 2. The van der Waals surface area contributed by atoms with Crippen molar-refractivity contribution in [1.82, 2.24) is 9.97 Å². The van der Waals surface area contributed by atoms with E-state index in [1.54, 1.807) is 0 Å². The average Bonchev–Trinajstić information content (AvgIpc) is 2.65. The van der Waals surface area contributed by atoms with Gasteiger partial charge in [-0.25, -0.2) is 9.97 Å². The molecule has 0 unspecified atom stereocenters. The van der Waals surface area contributed by atoms with E-state index in [1.807, 2.05) is 0 Å². The molecule has 9 nitrogen and oxygen atoms in total. The SMILES string of the molecule is BrBr.O.O=C(CO)c1nc(Br)ccc1O.O=C(CO)c1ncccc1O. The molecule has 0 aromatic carbocycles. The monoisotopic (exact) mass is 560 g/mol. The second-order valence-electron chi connectivity index (χ2n) is 4.04. The van der Waals surface area contributed by atoms with Crippen molar-refractivity contribution in [2.45, 2.75) is 0 Å². The van der Waals surface area contributed by atoms with Gasteiger partial charge in [-0.2, -0.15) is 0 Å². The third-order valence-corrected chi connectivity index (χ3v) is 2.88. The van der Waals surface area contributed by atoms with Gasteiger partial charge in [0.2, 0.25) is 11.6 Å². The molecule has 2 rings (SSSR count). The fourth-order valence-corrected chi connectivity index (χ4v) is 1.70. The van der Waals surface area contributed by atoms with E-state index in [-0.39, 0.29) is 28.4 Å². The maximum Gasteiger partial charge on any atom is 0.210 e. The van der Waals surface area contributed by atoms with Gasteiger partial charge in [-0.1, -0.05) is 0 Å². The first-order valence-electron chi connectivity index (χ1n) is 6.32. The van der Waals surface area contributed by atoms with Crippen LogP contribution in [0.2, 0.25) is 0 Å². The molecule has 6 N–H and O–H groups in total. The third kappa shape index (κ3) is 8.78. The van der Waals surface area contributed by atoms with E-state index < -0.39 is 24.8 Å². The van der Waals surface area contributed by atoms with Crippen molar-refractivity contribution in [2.75, 3.05) is 13.2 Å². The molecule has 2 aromatic rings. The van der Waals surface area contributed by atoms with Crippen LogP contribution >= 0.6 is 44.2 Å². The first-order valence-corrected chi connectivity index (χ1v) is 10.8. The maximum absolute atomic E-state index is 10.9. The summed E-state index contributed by atoms with van der Waals surface area (Å²) in [6.45, 7) is -1.29. The topological polar surface area (TPSA) is 172 Å². The molecule has 0 fully saturated rings. The minimum atomic E-state index is -0.656. The van der Waals surface area contributed by atoms with Gasteiger partial charge >= 0.3 is 0 Å². The van der Waals surface area contributed by atoms with E-state index in [9.17, 15) is 9.59 Å². The van der Waals surface area contributed by atoms with Gasteiger partial charge in [0.15, 0.2) is 5.69 Å². The Hall–Kier alpha value is -1.44. The minimum Gasteiger partial charge on any atom is -0.506 e. The van der Waals surface area contributed by atoms with E-state index in [0.717, 1.165) is 0 Å². The van der Waals surface area contributed by atoms with Crippen molar-refractivity contribution in [2.24, 2.45) is 0 Å². The highest BCUT2D eigenvalue weighted by molar-refractivity contribution is 9.93. The summed E-state index contributed by atoms with van der Waals surface area (Å²) in [4.78, 5) is 28.9. The number of pyridine rings is 2. The van der Waals surface area contributed by atoms with Gasteiger partial charge in [-0.15, -0.1) is 0 Å². The van der Waals surface area contributed by atoms with E-state index >= 15 is 0 Å². The van der Waals surface area contributed by atoms with Crippen molar-refractivity contribution in [3.63, 3.8) is 0 Å². The number of aromatic nitrogens is 2. The molecule has 0 bridgehead atoms. The first-order chi connectivity index (χ1) is 11.9. The predicted octanol–water partition coefficient (Wildman–Crippen LogP) is 1.55. The maximum atomic E-state index is 10.9. The Morgan fingerprint density at radius 1 is 0.923 bits per heavy atom. The zero-order valence-corrected chi connectivity index (χ0v) is 17.7. The molecule has 12 heteroatoms. The van der Waals surface area contributed by atoms with Crippen LogP contribution in [-0.2, 0) is 0 Å². The molecule has 0 atom stereocenters. The Balaban J connectivity index is 0. The lowest BCUT2D eigenvalue weighted by Gasteiger charge is -1.99. The highest BCUT2D eigenvalue weighted by atomic mass is 80.9. The van der Waals surface area contributed by atoms with Gasteiger partial charge in [0.25, 0.3) is 0 Å². The second kappa shape index (κ2) is 14.7. The Morgan fingerprint density at radius 2 is 1.42 bits per heavy atom. The lowest BCUT2D eigenvalue weighted by atomic mass is 10.2. The van der Waals surface area contributed by atoms with Gasteiger partial charge in [0.05, 0.1) is 0 Å². The zero-order chi connectivity index (χ0) is 19.4. The number of hydrogen-bond acceptors (Lipinski definition) is 8. The smallest absolute Gasteiger partial charge is 0.210 e. The molecule has 0 amide bonds. The molecular weight excluding hydrogens is 548 g/mol. The lowest BCUT2D eigenvalue weighted by Crippen LogP contribution is -2.07. The number of nitrogens with zero attached hydrogens (tertiary/aromatic N) is 2.